The second-order valence-electron chi connectivity index (χ2n) is 3.28. The van der Waals surface area contributed by atoms with Crippen molar-refractivity contribution in [3.8, 4) is 0 Å². The van der Waals surface area contributed by atoms with Gasteiger partial charge in [0.15, 0.2) is 0 Å². The third kappa shape index (κ3) is 3.91. The molecule has 4 nitrogen and oxygen atoms in total. The fourth-order valence-corrected chi connectivity index (χ4v) is 1.14. The van der Waals surface area contributed by atoms with E-state index in [0.29, 0.717) is 19.7 Å². The van der Waals surface area contributed by atoms with Crippen molar-refractivity contribution in [2.24, 2.45) is 0 Å². The van der Waals surface area contributed by atoms with Gasteiger partial charge in [-0.25, -0.2) is 0 Å². The van der Waals surface area contributed by atoms with E-state index in [-0.39, 0.29) is 6.10 Å². The van der Waals surface area contributed by atoms with Gasteiger partial charge in [-0.2, -0.15) is 0 Å². The quantitative estimate of drug-likeness (QED) is 0.714. The molecule has 1 atom stereocenters. The molecule has 1 heterocycles. The second kappa shape index (κ2) is 5.80. The number of furan rings is 1. The molecule has 1 aromatic rings. The van der Waals surface area contributed by atoms with Crippen LogP contribution in [0.15, 0.2) is 16.5 Å². The Labute approximate surface area is 83.9 Å². The zero-order valence-corrected chi connectivity index (χ0v) is 8.62. The minimum absolute atomic E-state index is 0.330. The van der Waals surface area contributed by atoms with Crippen LogP contribution in [0.3, 0.4) is 0 Å². The average molecular weight is 199 g/mol. The molecule has 1 rings (SSSR count). The number of aliphatic hydroxyl groups is 1. The van der Waals surface area contributed by atoms with Crippen LogP contribution in [0.25, 0.3) is 0 Å². The zero-order chi connectivity index (χ0) is 10.4. The smallest absolute Gasteiger partial charge is 0.129 e. The standard InChI is InChI=1S/C10H17NO3/c1-8(12)5-11-6-9-3-4-10(14-9)7-13-2/h3-4,8,11-12H,5-7H2,1-2H3/t8-/m0/s1. The van der Waals surface area contributed by atoms with Gasteiger partial charge < -0.3 is 19.6 Å². The number of ether oxygens (including phenoxy) is 1. The topological polar surface area (TPSA) is 54.6 Å². The number of methoxy groups -OCH3 is 1. The van der Waals surface area contributed by atoms with E-state index in [9.17, 15) is 0 Å². The highest BCUT2D eigenvalue weighted by atomic mass is 16.5. The predicted octanol–water partition coefficient (Wildman–Crippen LogP) is 0.896. The van der Waals surface area contributed by atoms with Crippen LogP contribution in [-0.4, -0.2) is 24.9 Å². The van der Waals surface area contributed by atoms with Crippen molar-refractivity contribution in [1.29, 1.82) is 0 Å². The summed E-state index contributed by atoms with van der Waals surface area (Å²) in [5.41, 5.74) is 0. The Kier molecular flexibility index (Phi) is 4.65. The molecule has 80 valence electrons. The fraction of sp³-hybridized carbons (Fsp3) is 0.600. The highest BCUT2D eigenvalue weighted by Crippen LogP contribution is 2.08. The first-order chi connectivity index (χ1) is 6.72. The van der Waals surface area contributed by atoms with Gasteiger partial charge in [0, 0.05) is 13.7 Å². The van der Waals surface area contributed by atoms with E-state index in [1.165, 1.54) is 0 Å². The van der Waals surface area contributed by atoms with E-state index in [1.54, 1.807) is 14.0 Å². The molecular formula is C10H17NO3. The lowest BCUT2D eigenvalue weighted by Gasteiger charge is -2.04. The molecule has 0 saturated carbocycles. The summed E-state index contributed by atoms with van der Waals surface area (Å²) in [6.07, 6.45) is -0.330. The van der Waals surface area contributed by atoms with Gasteiger partial charge >= 0.3 is 0 Å². The number of rotatable bonds is 6. The van der Waals surface area contributed by atoms with Crippen molar-refractivity contribution >= 4 is 0 Å². The second-order valence-corrected chi connectivity index (χ2v) is 3.28. The lowest BCUT2D eigenvalue weighted by atomic mass is 10.4. The average Bonchev–Trinajstić information content (AvgIpc) is 2.53. The van der Waals surface area contributed by atoms with Crippen molar-refractivity contribution in [1.82, 2.24) is 5.32 Å². The van der Waals surface area contributed by atoms with Gasteiger partial charge in [0.25, 0.3) is 0 Å². The maximum atomic E-state index is 9.01. The van der Waals surface area contributed by atoms with Crippen molar-refractivity contribution in [2.75, 3.05) is 13.7 Å². The molecule has 2 N–H and O–H groups in total. The van der Waals surface area contributed by atoms with E-state index in [0.717, 1.165) is 11.5 Å². The van der Waals surface area contributed by atoms with E-state index >= 15 is 0 Å². The van der Waals surface area contributed by atoms with E-state index in [2.05, 4.69) is 5.32 Å². The molecule has 0 amide bonds. The normalized spacial score (nSPS) is 13.1. The Morgan fingerprint density at radius 3 is 2.86 bits per heavy atom. The third-order valence-electron chi connectivity index (χ3n) is 1.74. The van der Waals surface area contributed by atoms with Crippen LogP contribution in [0.1, 0.15) is 18.4 Å². The van der Waals surface area contributed by atoms with Crippen LogP contribution in [-0.2, 0) is 17.9 Å². The van der Waals surface area contributed by atoms with Gasteiger partial charge in [-0.3, -0.25) is 0 Å². The van der Waals surface area contributed by atoms with Gasteiger partial charge in [-0.05, 0) is 19.1 Å². The molecule has 0 aliphatic rings. The van der Waals surface area contributed by atoms with Crippen LogP contribution >= 0.6 is 0 Å². The molecule has 4 heteroatoms. The molecule has 0 fully saturated rings. The third-order valence-corrected chi connectivity index (χ3v) is 1.74. The summed E-state index contributed by atoms with van der Waals surface area (Å²) in [7, 11) is 1.63. The van der Waals surface area contributed by atoms with Crippen LogP contribution in [0.2, 0.25) is 0 Å². The van der Waals surface area contributed by atoms with Crippen molar-refractivity contribution in [3.05, 3.63) is 23.7 Å². The van der Waals surface area contributed by atoms with Crippen LogP contribution in [0.4, 0.5) is 0 Å². The largest absolute Gasteiger partial charge is 0.462 e. The minimum atomic E-state index is -0.330. The summed E-state index contributed by atoms with van der Waals surface area (Å²) >= 11 is 0. The lowest BCUT2D eigenvalue weighted by Crippen LogP contribution is -2.23. The monoisotopic (exact) mass is 199 g/mol. The Bertz CT molecular complexity index is 258. The summed E-state index contributed by atoms with van der Waals surface area (Å²) in [6, 6.07) is 3.80. The van der Waals surface area contributed by atoms with Crippen molar-refractivity contribution in [2.45, 2.75) is 26.2 Å². The maximum absolute atomic E-state index is 9.01. The molecule has 0 aromatic carbocycles. The lowest BCUT2D eigenvalue weighted by molar-refractivity contribution is 0.161. The van der Waals surface area contributed by atoms with Crippen LogP contribution in [0, 0.1) is 0 Å². The van der Waals surface area contributed by atoms with Gasteiger partial charge in [0.2, 0.25) is 0 Å². The fourth-order valence-electron chi connectivity index (χ4n) is 1.14. The molecule has 1 aromatic heterocycles. The summed E-state index contributed by atoms with van der Waals surface area (Å²) in [4.78, 5) is 0. The maximum Gasteiger partial charge on any atom is 0.129 e. The molecule has 0 radical (unpaired) electrons. The van der Waals surface area contributed by atoms with E-state index in [1.807, 2.05) is 12.1 Å². The Balaban J connectivity index is 2.28. The van der Waals surface area contributed by atoms with Gasteiger partial charge in [0.1, 0.15) is 18.1 Å². The first-order valence-electron chi connectivity index (χ1n) is 4.67. The first-order valence-corrected chi connectivity index (χ1v) is 4.67. The molecule has 0 aliphatic heterocycles. The number of hydrogen-bond acceptors (Lipinski definition) is 4. The summed E-state index contributed by atoms with van der Waals surface area (Å²) in [5.74, 6) is 1.68. The molecular weight excluding hydrogens is 182 g/mol. The van der Waals surface area contributed by atoms with Crippen LogP contribution < -0.4 is 5.32 Å². The van der Waals surface area contributed by atoms with E-state index in [4.69, 9.17) is 14.3 Å². The first kappa shape index (κ1) is 11.2. The Morgan fingerprint density at radius 1 is 1.50 bits per heavy atom. The van der Waals surface area contributed by atoms with Gasteiger partial charge in [-0.1, -0.05) is 0 Å². The molecule has 14 heavy (non-hydrogen) atoms. The predicted molar refractivity (Wildman–Crippen MR) is 52.8 cm³/mol. The highest BCUT2D eigenvalue weighted by molar-refractivity contribution is 5.06. The van der Waals surface area contributed by atoms with Crippen molar-refractivity contribution < 1.29 is 14.3 Å². The minimum Gasteiger partial charge on any atom is -0.462 e. The molecule has 0 spiro atoms. The SMILES string of the molecule is COCc1ccc(CNC[C@H](C)O)o1. The van der Waals surface area contributed by atoms with Crippen molar-refractivity contribution in [3.63, 3.8) is 0 Å². The molecule has 0 aliphatic carbocycles. The number of aliphatic hydroxyl groups excluding tert-OH is 1. The van der Waals surface area contributed by atoms with Gasteiger partial charge in [0.05, 0.1) is 12.6 Å². The Morgan fingerprint density at radius 2 is 2.21 bits per heavy atom. The molecule has 0 saturated heterocycles. The number of nitrogens with one attached hydrogen (secondary N) is 1. The summed E-state index contributed by atoms with van der Waals surface area (Å²) in [6.45, 7) is 3.44. The Hall–Kier alpha value is -0.840. The summed E-state index contributed by atoms with van der Waals surface area (Å²) < 4.78 is 10.4. The summed E-state index contributed by atoms with van der Waals surface area (Å²) in [5, 5.41) is 12.1. The molecule has 0 bridgehead atoms. The van der Waals surface area contributed by atoms with E-state index < -0.39 is 0 Å². The number of hydrogen-bond donors (Lipinski definition) is 2. The highest BCUT2D eigenvalue weighted by Gasteiger charge is 2.01. The van der Waals surface area contributed by atoms with Crippen LogP contribution in [0.5, 0.6) is 0 Å². The van der Waals surface area contributed by atoms with Gasteiger partial charge in [-0.15, -0.1) is 0 Å². The molecule has 0 unspecified atom stereocenters. The zero-order valence-electron chi connectivity index (χ0n) is 8.62.